The van der Waals surface area contributed by atoms with E-state index in [1.807, 2.05) is 34.6 Å². The Kier molecular flexibility index (Phi) is 3.56. The summed E-state index contributed by atoms with van der Waals surface area (Å²) in [5.74, 6) is 0.299. The molecular weight excluding hydrogens is 246 g/mol. The van der Waals surface area contributed by atoms with Gasteiger partial charge in [0.2, 0.25) is 0 Å². The predicted octanol–water partition coefficient (Wildman–Crippen LogP) is 2.13. The van der Waals surface area contributed by atoms with Crippen molar-refractivity contribution in [3.8, 4) is 0 Å². The second-order valence-electron chi connectivity index (χ2n) is 7.00. The maximum Gasteiger partial charge on any atom is 0.412 e. The number of aliphatic hydroxyl groups excluding tert-OH is 1. The second-order valence-corrected chi connectivity index (χ2v) is 7.00. The zero-order valence-electron chi connectivity index (χ0n) is 12.5. The Morgan fingerprint density at radius 3 is 2.47 bits per heavy atom. The van der Waals surface area contributed by atoms with Crippen molar-refractivity contribution < 1.29 is 19.4 Å². The fraction of sp³-hybridized carbons (Fsp3) is 0.929. The van der Waals surface area contributed by atoms with Crippen molar-refractivity contribution in [3.63, 3.8) is 0 Å². The first kappa shape index (κ1) is 14.6. The summed E-state index contributed by atoms with van der Waals surface area (Å²) in [5.41, 5.74) is -1.28. The molecule has 110 valence electrons. The van der Waals surface area contributed by atoms with Crippen LogP contribution < -0.4 is 0 Å². The lowest BCUT2D eigenvalue weighted by molar-refractivity contribution is -0.0686. The minimum atomic E-state index is -0.733. The molecule has 19 heavy (non-hydrogen) atoms. The molecule has 2 rings (SSSR count). The third kappa shape index (κ3) is 3.20. The molecule has 0 aromatic carbocycles. The Balaban J connectivity index is 2.13. The largest absolute Gasteiger partial charge is 0.444 e. The van der Waals surface area contributed by atoms with Crippen molar-refractivity contribution in [1.82, 2.24) is 4.90 Å². The van der Waals surface area contributed by atoms with Crippen LogP contribution in [0.5, 0.6) is 0 Å². The monoisotopic (exact) mass is 271 g/mol. The van der Waals surface area contributed by atoms with Crippen LogP contribution in [0.15, 0.2) is 0 Å². The third-order valence-electron chi connectivity index (χ3n) is 3.61. The van der Waals surface area contributed by atoms with Crippen molar-refractivity contribution in [2.45, 2.75) is 70.9 Å². The Morgan fingerprint density at radius 2 is 2.00 bits per heavy atom. The van der Waals surface area contributed by atoms with E-state index in [0.717, 1.165) is 12.8 Å². The number of aliphatic hydroxyl groups is 1. The maximum absolute atomic E-state index is 12.3. The van der Waals surface area contributed by atoms with Crippen LogP contribution >= 0.6 is 0 Å². The first-order chi connectivity index (χ1) is 8.62. The molecule has 5 heteroatoms. The van der Waals surface area contributed by atoms with Crippen LogP contribution in [-0.4, -0.2) is 46.2 Å². The summed E-state index contributed by atoms with van der Waals surface area (Å²) >= 11 is 0. The van der Waals surface area contributed by atoms with E-state index in [4.69, 9.17) is 9.47 Å². The maximum atomic E-state index is 12.3. The average molecular weight is 271 g/mol. The van der Waals surface area contributed by atoms with Gasteiger partial charge in [-0.15, -0.1) is 0 Å². The van der Waals surface area contributed by atoms with Gasteiger partial charge in [-0.2, -0.15) is 0 Å². The van der Waals surface area contributed by atoms with Gasteiger partial charge in [-0.1, -0.05) is 0 Å². The van der Waals surface area contributed by atoms with Gasteiger partial charge in [0.05, 0.1) is 18.8 Å². The number of nitrogens with zero attached hydrogens (tertiary/aromatic N) is 1. The molecule has 0 unspecified atom stereocenters. The highest BCUT2D eigenvalue weighted by molar-refractivity contribution is 5.70. The summed E-state index contributed by atoms with van der Waals surface area (Å²) in [6.07, 6.45) is 1.12. The number of hydrogen-bond donors (Lipinski definition) is 1. The molecule has 2 fully saturated rings. The molecule has 0 bridgehead atoms. The molecule has 1 N–H and O–H groups in total. The fourth-order valence-corrected chi connectivity index (χ4v) is 2.50. The van der Waals surface area contributed by atoms with Crippen molar-refractivity contribution >= 4 is 6.09 Å². The SMILES string of the molecule is CC(C)(C)OC(=O)N1[C@@H]([C@H](O)C2CC2)COC1(C)C. The van der Waals surface area contributed by atoms with Crippen molar-refractivity contribution in [3.05, 3.63) is 0 Å². The summed E-state index contributed by atoms with van der Waals surface area (Å²) in [5, 5.41) is 10.3. The lowest BCUT2D eigenvalue weighted by Gasteiger charge is -2.36. The minimum Gasteiger partial charge on any atom is -0.444 e. The molecule has 1 saturated heterocycles. The summed E-state index contributed by atoms with van der Waals surface area (Å²) in [6.45, 7) is 9.53. The molecule has 2 atom stereocenters. The number of carbonyl (C=O) groups is 1. The molecule has 1 saturated carbocycles. The van der Waals surface area contributed by atoms with Crippen LogP contribution in [0, 0.1) is 5.92 Å². The van der Waals surface area contributed by atoms with E-state index in [1.165, 1.54) is 0 Å². The Labute approximate surface area is 114 Å². The zero-order valence-corrected chi connectivity index (χ0v) is 12.5. The van der Waals surface area contributed by atoms with Gasteiger partial charge in [-0.25, -0.2) is 4.79 Å². The summed E-state index contributed by atoms with van der Waals surface area (Å²) in [6, 6.07) is -0.308. The van der Waals surface area contributed by atoms with Gasteiger partial charge in [-0.05, 0) is 53.4 Å². The number of rotatable bonds is 2. The average Bonchev–Trinajstić information content (AvgIpc) is 2.99. The van der Waals surface area contributed by atoms with Crippen LogP contribution in [-0.2, 0) is 9.47 Å². The molecular formula is C14H25NO4. The fourth-order valence-electron chi connectivity index (χ4n) is 2.50. The quantitative estimate of drug-likeness (QED) is 0.836. The summed E-state index contributed by atoms with van der Waals surface area (Å²) < 4.78 is 11.1. The Morgan fingerprint density at radius 1 is 1.42 bits per heavy atom. The van der Waals surface area contributed by atoms with E-state index in [1.54, 1.807) is 4.90 Å². The lowest BCUT2D eigenvalue weighted by Crippen LogP contribution is -2.53. The third-order valence-corrected chi connectivity index (χ3v) is 3.61. The highest BCUT2D eigenvalue weighted by atomic mass is 16.6. The van der Waals surface area contributed by atoms with E-state index in [9.17, 15) is 9.90 Å². The van der Waals surface area contributed by atoms with Crippen molar-refractivity contribution in [1.29, 1.82) is 0 Å². The highest BCUT2D eigenvalue weighted by Crippen LogP contribution is 2.39. The topological polar surface area (TPSA) is 59.0 Å². The van der Waals surface area contributed by atoms with Gasteiger partial charge < -0.3 is 14.6 Å². The van der Waals surface area contributed by atoms with E-state index in [0.29, 0.717) is 12.5 Å². The molecule has 1 amide bonds. The van der Waals surface area contributed by atoms with E-state index in [2.05, 4.69) is 0 Å². The number of ether oxygens (including phenoxy) is 2. The summed E-state index contributed by atoms with van der Waals surface area (Å²) in [4.78, 5) is 13.9. The molecule has 0 aromatic heterocycles. The number of carbonyl (C=O) groups excluding carboxylic acids is 1. The van der Waals surface area contributed by atoms with Gasteiger partial charge in [0.15, 0.2) is 0 Å². The first-order valence-electron chi connectivity index (χ1n) is 6.96. The molecule has 2 aliphatic rings. The minimum absolute atomic E-state index is 0.299. The lowest BCUT2D eigenvalue weighted by atomic mass is 10.1. The number of hydrogen-bond acceptors (Lipinski definition) is 4. The van der Waals surface area contributed by atoms with Gasteiger partial charge in [-0.3, -0.25) is 4.90 Å². The van der Waals surface area contributed by atoms with Crippen molar-refractivity contribution in [2.24, 2.45) is 5.92 Å². The number of amides is 1. The molecule has 0 radical (unpaired) electrons. The van der Waals surface area contributed by atoms with E-state index < -0.39 is 23.5 Å². The zero-order chi connectivity index (χ0) is 14.4. The normalized spacial score (nSPS) is 28.3. The van der Waals surface area contributed by atoms with Gasteiger partial charge >= 0.3 is 6.09 Å². The standard InChI is InChI=1S/C14H25NO4/c1-13(2,3)19-12(17)15-10(8-18-14(15,4)5)11(16)9-6-7-9/h9-11,16H,6-8H2,1-5H3/t10-,11-/m1/s1. The van der Waals surface area contributed by atoms with E-state index in [-0.39, 0.29) is 6.04 Å². The Bertz CT molecular complexity index is 357. The molecule has 0 spiro atoms. The summed E-state index contributed by atoms with van der Waals surface area (Å²) in [7, 11) is 0. The van der Waals surface area contributed by atoms with Crippen LogP contribution in [0.4, 0.5) is 4.79 Å². The smallest absolute Gasteiger partial charge is 0.412 e. The van der Waals surface area contributed by atoms with Gasteiger partial charge in [0.25, 0.3) is 0 Å². The Hall–Kier alpha value is -0.810. The van der Waals surface area contributed by atoms with Crippen LogP contribution in [0.2, 0.25) is 0 Å². The van der Waals surface area contributed by atoms with Crippen LogP contribution in [0.3, 0.4) is 0 Å². The van der Waals surface area contributed by atoms with Gasteiger partial charge in [0, 0.05) is 0 Å². The molecule has 0 aromatic rings. The van der Waals surface area contributed by atoms with Crippen molar-refractivity contribution in [2.75, 3.05) is 6.61 Å². The van der Waals surface area contributed by atoms with Crippen LogP contribution in [0.1, 0.15) is 47.5 Å². The molecule has 1 heterocycles. The van der Waals surface area contributed by atoms with E-state index >= 15 is 0 Å². The molecule has 5 nitrogen and oxygen atoms in total. The first-order valence-corrected chi connectivity index (χ1v) is 6.96. The highest BCUT2D eigenvalue weighted by Gasteiger charge is 2.51. The predicted molar refractivity (Wildman–Crippen MR) is 70.6 cm³/mol. The molecule has 1 aliphatic carbocycles. The molecule has 1 aliphatic heterocycles. The van der Waals surface area contributed by atoms with Crippen LogP contribution in [0.25, 0.3) is 0 Å². The second kappa shape index (κ2) is 4.63. The van der Waals surface area contributed by atoms with Gasteiger partial charge in [0.1, 0.15) is 11.3 Å².